The van der Waals surface area contributed by atoms with E-state index in [0.29, 0.717) is 0 Å². The molecule has 0 aliphatic carbocycles. The first kappa shape index (κ1) is 13.4. The van der Waals surface area contributed by atoms with Gasteiger partial charge < -0.3 is 5.32 Å². The van der Waals surface area contributed by atoms with Crippen LogP contribution < -0.4 is 5.32 Å². The van der Waals surface area contributed by atoms with Crippen LogP contribution in [0.15, 0.2) is 0 Å². The fourth-order valence-electron chi connectivity index (χ4n) is 4.15. The van der Waals surface area contributed by atoms with Crippen molar-refractivity contribution < 1.29 is 0 Å². The summed E-state index contributed by atoms with van der Waals surface area (Å²) in [5, 5.41) is 3.76. The van der Waals surface area contributed by atoms with Crippen molar-refractivity contribution in [3.05, 3.63) is 0 Å². The summed E-state index contributed by atoms with van der Waals surface area (Å²) in [6.45, 7) is 10.7. The van der Waals surface area contributed by atoms with Gasteiger partial charge in [-0.1, -0.05) is 27.7 Å². The largest absolute Gasteiger partial charge is 0.311 e. The van der Waals surface area contributed by atoms with Gasteiger partial charge in [0.15, 0.2) is 0 Å². The lowest BCUT2D eigenvalue weighted by atomic mass is 9.92. The van der Waals surface area contributed by atoms with E-state index in [1.807, 2.05) is 0 Å². The standard InChI is InChI=1S/C15H30N2/c1-5-15(11(3)4)17(6-2)14-9-12-7-8-13(10-14)16-12/h11-16H,5-10H2,1-4H3. The highest BCUT2D eigenvalue weighted by Gasteiger charge is 2.37. The SMILES string of the molecule is CCC(C(C)C)N(CC)C1CC2CCC(C1)N2. The van der Waals surface area contributed by atoms with Crippen LogP contribution in [-0.2, 0) is 0 Å². The van der Waals surface area contributed by atoms with Crippen molar-refractivity contribution in [1.29, 1.82) is 0 Å². The van der Waals surface area contributed by atoms with Gasteiger partial charge in [-0.2, -0.15) is 0 Å². The minimum absolute atomic E-state index is 0.780. The Morgan fingerprint density at radius 2 is 1.71 bits per heavy atom. The Hall–Kier alpha value is -0.0800. The van der Waals surface area contributed by atoms with E-state index in [2.05, 4.69) is 37.9 Å². The van der Waals surface area contributed by atoms with E-state index in [1.165, 1.54) is 38.6 Å². The average molecular weight is 238 g/mol. The van der Waals surface area contributed by atoms with Gasteiger partial charge in [0.05, 0.1) is 0 Å². The number of fused-ring (bicyclic) bond motifs is 2. The number of nitrogens with one attached hydrogen (secondary N) is 1. The summed E-state index contributed by atoms with van der Waals surface area (Å²) in [4.78, 5) is 2.80. The molecule has 2 saturated heterocycles. The van der Waals surface area contributed by atoms with E-state index in [1.54, 1.807) is 0 Å². The van der Waals surface area contributed by atoms with Crippen molar-refractivity contribution >= 4 is 0 Å². The Morgan fingerprint density at radius 1 is 1.12 bits per heavy atom. The summed E-state index contributed by atoms with van der Waals surface area (Å²) in [6, 6.07) is 3.25. The van der Waals surface area contributed by atoms with Crippen LogP contribution in [0.25, 0.3) is 0 Å². The van der Waals surface area contributed by atoms with Crippen LogP contribution in [0.4, 0.5) is 0 Å². The van der Waals surface area contributed by atoms with Crippen molar-refractivity contribution in [1.82, 2.24) is 10.2 Å². The Morgan fingerprint density at radius 3 is 2.12 bits per heavy atom. The van der Waals surface area contributed by atoms with Crippen LogP contribution in [0, 0.1) is 5.92 Å². The molecule has 0 spiro atoms. The van der Waals surface area contributed by atoms with Crippen molar-refractivity contribution in [2.75, 3.05) is 6.54 Å². The predicted octanol–water partition coefficient (Wildman–Crippen LogP) is 3.03. The molecule has 1 N–H and O–H groups in total. The smallest absolute Gasteiger partial charge is 0.0128 e. The topological polar surface area (TPSA) is 15.3 Å². The second-order valence-electron chi connectivity index (χ2n) is 6.31. The molecule has 2 bridgehead atoms. The second-order valence-corrected chi connectivity index (χ2v) is 6.31. The van der Waals surface area contributed by atoms with Crippen molar-refractivity contribution in [3.8, 4) is 0 Å². The number of nitrogens with zero attached hydrogens (tertiary/aromatic N) is 1. The van der Waals surface area contributed by atoms with Crippen molar-refractivity contribution in [2.24, 2.45) is 5.92 Å². The zero-order valence-electron chi connectivity index (χ0n) is 12.1. The van der Waals surface area contributed by atoms with Gasteiger partial charge in [-0.3, -0.25) is 4.90 Å². The number of piperidine rings is 1. The molecule has 0 amide bonds. The first-order valence-electron chi connectivity index (χ1n) is 7.67. The van der Waals surface area contributed by atoms with Crippen molar-refractivity contribution in [2.45, 2.75) is 84.0 Å². The molecule has 100 valence electrons. The predicted molar refractivity (Wildman–Crippen MR) is 74.3 cm³/mol. The van der Waals surface area contributed by atoms with Gasteiger partial charge in [-0.15, -0.1) is 0 Å². The lowest BCUT2D eigenvalue weighted by Crippen LogP contribution is -2.52. The molecular formula is C15H30N2. The average Bonchev–Trinajstić information content (AvgIpc) is 2.64. The van der Waals surface area contributed by atoms with Gasteiger partial charge in [0.25, 0.3) is 0 Å². The highest BCUT2D eigenvalue weighted by Crippen LogP contribution is 2.32. The lowest BCUT2D eigenvalue weighted by Gasteiger charge is -2.43. The van der Waals surface area contributed by atoms with E-state index >= 15 is 0 Å². The van der Waals surface area contributed by atoms with Gasteiger partial charge in [-0.05, 0) is 44.6 Å². The molecule has 3 atom stereocenters. The Balaban J connectivity index is 2.02. The summed E-state index contributed by atoms with van der Waals surface area (Å²) >= 11 is 0. The molecule has 0 aromatic carbocycles. The molecule has 2 heterocycles. The molecule has 3 unspecified atom stereocenters. The maximum atomic E-state index is 3.76. The van der Waals surface area contributed by atoms with Crippen LogP contribution in [0.1, 0.15) is 59.8 Å². The molecule has 0 saturated carbocycles. The molecule has 17 heavy (non-hydrogen) atoms. The van der Waals surface area contributed by atoms with Gasteiger partial charge in [-0.25, -0.2) is 0 Å². The molecule has 0 aromatic rings. The Bertz CT molecular complexity index is 227. The quantitative estimate of drug-likeness (QED) is 0.792. The molecular weight excluding hydrogens is 208 g/mol. The molecule has 0 aromatic heterocycles. The molecule has 2 rings (SSSR count). The zero-order chi connectivity index (χ0) is 12.4. The first-order valence-corrected chi connectivity index (χ1v) is 7.67. The van der Waals surface area contributed by atoms with Crippen LogP contribution in [-0.4, -0.2) is 35.6 Å². The lowest BCUT2D eigenvalue weighted by molar-refractivity contribution is 0.0729. The summed E-state index contributed by atoms with van der Waals surface area (Å²) in [6.07, 6.45) is 6.89. The number of rotatable bonds is 5. The van der Waals surface area contributed by atoms with Gasteiger partial charge >= 0.3 is 0 Å². The van der Waals surface area contributed by atoms with Crippen LogP contribution in [0.5, 0.6) is 0 Å². The third-order valence-electron chi connectivity index (χ3n) is 4.90. The van der Waals surface area contributed by atoms with E-state index in [0.717, 1.165) is 30.1 Å². The normalized spacial score (nSPS) is 34.6. The van der Waals surface area contributed by atoms with E-state index in [4.69, 9.17) is 0 Å². The molecule has 2 aliphatic heterocycles. The highest BCUT2D eigenvalue weighted by atomic mass is 15.2. The summed E-state index contributed by atoms with van der Waals surface area (Å²) in [5.74, 6) is 0.785. The van der Waals surface area contributed by atoms with Gasteiger partial charge in [0.2, 0.25) is 0 Å². The second kappa shape index (κ2) is 5.71. The van der Waals surface area contributed by atoms with Crippen LogP contribution in [0.3, 0.4) is 0 Å². The Kier molecular flexibility index (Phi) is 4.48. The fourth-order valence-corrected chi connectivity index (χ4v) is 4.15. The number of hydrogen-bond acceptors (Lipinski definition) is 2. The summed E-state index contributed by atoms with van der Waals surface area (Å²) in [7, 11) is 0. The van der Waals surface area contributed by atoms with E-state index < -0.39 is 0 Å². The maximum absolute atomic E-state index is 3.76. The zero-order valence-corrected chi connectivity index (χ0v) is 12.1. The molecule has 2 nitrogen and oxygen atoms in total. The minimum Gasteiger partial charge on any atom is -0.311 e. The van der Waals surface area contributed by atoms with Crippen LogP contribution in [0.2, 0.25) is 0 Å². The molecule has 2 heteroatoms. The van der Waals surface area contributed by atoms with Gasteiger partial charge in [0.1, 0.15) is 0 Å². The molecule has 0 radical (unpaired) electrons. The Labute approximate surface area is 107 Å². The fraction of sp³-hybridized carbons (Fsp3) is 1.00. The number of hydrogen-bond donors (Lipinski definition) is 1. The van der Waals surface area contributed by atoms with E-state index in [-0.39, 0.29) is 0 Å². The monoisotopic (exact) mass is 238 g/mol. The maximum Gasteiger partial charge on any atom is 0.0128 e. The molecule has 2 aliphatic rings. The van der Waals surface area contributed by atoms with Crippen molar-refractivity contribution in [3.63, 3.8) is 0 Å². The molecule has 2 fully saturated rings. The first-order chi connectivity index (χ1) is 8.15. The minimum atomic E-state index is 0.780. The summed E-state index contributed by atoms with van der Waals surface area (Å²) < 4.78 is 0. The van der Waals surface area contributed by atoms with Gasteiger partial charge in [0, 0.05) is 24.2 Å². The van der Waals surface area contributed by atoms with Crippen LogP contribution >= 0.6 is 0 Å². The summed E-state index contributed by atoms with van der Waals surface area (Å²) in [5.41, 5.74) is 0. The third-order valence-corrected chi connectivity index (χ3v) is 4.90. The highest BCUT2D eigenvalue weighted by molar-refractivity contribution is 4.96. The van der Waals surface area contributed by atoms with E-state index in [9.17, 15) is 0 Å². The third kappa shape index (κ3) is 2.85.